The quantitative estimate of drug-likeness (QED) is 0.489. The first-order valence-corrected chi connectivity index (χ1v) is 13.7. The van der Waals surface area contributed by atoms with Crippen LogP contribution in [0.5, 0.6) is 5.75 Å². The summed E-state index contributed by atoms with van der Waals surface area (Å²) in [6.07, 6.45) is 3.47. The Kier molecular flexibility index (Phi) is 7.87. The van der Waals surface area contributed by atoms with E-state index in [1.807, 2.05) is 24.3 Å². The normalized spacial score (nSPS) is 18.1. The third-order valence-corrected chi connectivity index (χ3v) is 8.00. The van der Waals surface area contributed by atoms with Gasteiger partial charge >= 0.3 is 0 Å². The largest absolute Gasteiger partial charge is 0.487 e. The van der Waals surface area contributed by atoms with Crippen LogP contribution < -0.4 is 14.4 Å². The number of halogens is 2. The van der Waals surface area contributed by atoms with Crippen LogP contribution in [0.1, 0.15) is 58.1 Å². The molecule has 1 aliphatic rings. The maximum absolute atomic E-state index is 13.6. The number of para-hydroxylation sites is 1. The zero-order chi connectivity index (χ0) is 24.4. The molecule has 2 aromatic carbocycles. The highest BCUT2D eigenvalue weighted by atomic mass is 35.5. The Morgan fingerprint density at radius 1 is 1.18 bits per heavy atom. The van der Waals surface area contributed by atoms with Crippen LogP contribution in [0.4, 0.5) is 5.69 Å². The number of amides is 1. The van der Waals surface area contributed by atoms with E-state index in [0.717, 1.165) is 34.7 Å². The summed E-state index contributed by atoms with van der Waals surface area (Å²) in [6, 6.07) is 10.9. The minimum atomic E-state index is -3.84. The summed E-state index contributed by atoms with van der Waals surface area (Å²) in [4.78, 5) is 13.6. The van der Waals surface area contributed by atoms with Gasteiger partial charge in [0.25, 0.3) is 0 Å². The summed E-state index contributed by atoms with van der Waals surface area (Å²) in [5, 5.41) is 3.63. The average Bonchev–Trinajstić information content (AvgIpc) is 2.78. The van der Waals surface area contributed by atoms with Crippen LogP contribution in [0.2, 0.25) is 10.0 Å². The van der Waals surface area contributed by atoms with Gasteiger partial charge in [0.05, 0.1) is 23.0 Å². The first-order valence-electron chi connectivity index (χ1n) is 11.1. The first kappa shape index (κ1) is 25.7. The zero-order valence-corrected chi connectivity index (χ0v) is 21.6. The van der Waals surface area contributed by atoms with E-state index in [1.165, 1.54) is 12.1 Å². The van der Waals surface area contributed by atoms with Gasteiger partial charge < -0.3 is 10.1 Å². The smallest absolute Gasteiger partial charge is 0.244 e. The van der Waals surface area contributed by atoms with Gasteiger partial charge in [-0.3, -0.25) is 9.10 Å². The van der Waals surface area contributed by atoms with Crippen molar-refractivity contribution in [1.82, 2.24) is 5.32 Å². The second-order valence-electron chi connectivity index (χ2n) is 8.37. The lowest BCUT2D eigenvalue weighted by Crippen LogP contribution is -2.52. The lowest BCUT2D eigenvalue weighted by molar-refractivity contribution is -0.123. The van der Waals surface area contributed by atoms with Crippen LogP contribution >= 0.6 is 23.2 Å². The molecule has 0 unspecified atom stereocenters. The Labute approximate surface area is 206 Å². The van der Waals surface area contributed by atoms with Crippen molar-refractivity contribution in [3.63, 3.8) is 0 Å². The molecular weight excluding hydrogens is 483 g/mol. The van der Waals surface area contributed by atoms with Crippen molar-refractivity contribution in [3.8, 4) is 5.75 Å². The SMILES string of the molecule is CC[C@@H](C(=O)N[C@@H]1CC(CC)(CC)Oc2ccccc21)N(c1cc(Cl)ccc1Cl)S(C)(=O)=O. The van der Waals surface area contributed by atoms with Gasteiger partial charge in [0.2, 0.25) is 15.9 Å². The number of hydrogen-bond donors (Lipinski definition) is 1. The standard InChI is InChI=1S/C24H30Cl2N2O4S/c1-5-20(28(33(4,30)31)21-14-16(25)12-13-18(21)26)23(29)27-19-15-24(6-2,7-3)32-22-11-9-8-10-17(19)22/h8-14,19-20H,5-7,15H2,1-4H3,(H,27,29)/t19-,20+/m1/s1. The highest BCUT2D eigenvalue weighted by Gasteiger charge is 2.41. The Morgan fingerprint density at radius 3 is 2.45 bits per heavy atom. The van der Waals surface area contributed by atoms with Gasteiger partial charge in [-0.15, -0.1) is 0 Å². The number of sulfonamides is 1. The molecule has 0 aliphatic carbocycles. The molecule has 0 bridgehead atoms. The molecule has 1 amide bonds. The monoisotopic (exact) mass is 512 g/mol. The lowest BCUT2D eigenvalue weighted by atomic mass is 9.83. The highest BCUT2D eigenvalue weighted by molar-refractivity contribution is 7.92. The van der Waals surface area contributed by atoms with Crippen molar-refractivity contribution < 1.29 is 17.9 Å². The molecule has 1 N–H and O–H groups in total. The van der Waals surface area contributed by atoms with E-state index in [1.54, 1.807) is 13.0 Å². The highest BCUT2D eigenvalue weighted by Crippen LogP contribution is 2.43. The number of rotatable bonds is 8. The maximum atomic E-state index is 13.6. The molecule has 33 heavy (non-hydrogen) atoms. The molecule has 0 spiro atoms. The Hall–Kier alpha value is -1.96. The number of nitrogens with one attached hydrogen (secondary N) is 1. The fourth-order valence-electron chi connectivity index (χ4n) is 4.39. The van der Waals surface area contributed by atoms with Gasteiger partial charge in [-0.05, 0) is 43.5 Å². The van der Waals surface area contributed by atoms with Crippen LogP contribution in [-0.2, 0) is 14.8 Å². The summed E-state index contributed by atoms with van der Waals surface area (Å²) in [6.45, 7) is 5.90. The van der Waals surface area contributed by atoms with Crippen LogP contribution in [0.25, 0.3) is 0 Å². The van der Waals surface area contributed by atoms with Gasteiger partial charge in [-0.1, -0.05) is 62.2 Å². The zero-order valence-electron chi connectivity index (χ0n) is 19.3. The molecule has 0 radical (unpaired) electrons. The van der Waals surface area contributed by atoms with Crippen LogP contribution in [0, 0.1) is 0 Å². The molecule has 2 aromatic rings. The summed E-state index contributed by atoms with van der Waals surface area (Å²) < 4.78 is 33.0. The minimum Gasteiger partial charge on any atom is -0.487 e. The van der Waals surface area contributed by atoms with E-state index in [2.05, 4.69) is 19.2 Å². The number of ether oxygens (including phenoxy) is 1. The molecule has 1 heterocycles. The molecule has 0 aromatic heterocycles. The van der Waals surface area contributed by atoms with Crippen LogP contribution in [-0.4, -0.2) is 32.2 Å². The summed E-state index contributed by atoms with van der Waals surface area (Å²) >= 11 is 12.4. The van der Waals surface area contributed by atoms with Crippen molar-refractivity contribution in [1.29, 1.82) is 0 Å². The lowest BCUT2D eigenvalue weighted by Gasteiger charge is -2.42. The van der Waals surface area contributed by atoms with Crippen LogP contribution in [0.3, 0.4) is 0 Å². The minimum absolute atomic E-state index is 0.178. The first-order chi connectivity index (χ1) is 15.5. The average molecular weight is 513 g/mol. The number of benzene rings is 2. The van der Waals surface area contributed by atoms with Crippen molar-refractivity contribution in [3.05, 3.63) is 58.1 Å². The predicted octanol–water partition coefficient (Wildman–Crippen LogP) is 5.74. The number of nitrogens with zero attached hydrogens (tertiary/aromatic N) is 1. The van der Waals surface area contributed by atoms with E-state index in [4.69, 9.17) is 27.9 Å². The number of fused-ring (bicyclic) bond motifs is 1. The van der Waals surface area contributed by atoms with Crippen molar-refractivity contribution in [2.24, 2.45) is 0 Å². The van der Waals surface area contributed by atoms with E-state index >= 15 is 0 Å². The number of hydrogen-bond acceptors (Lipinski definition) is 4. The molecule has 0 saturated heterocycles. The Bertz CT molecular complexity index is 1120. The third-order valence-electron chi connectivity index (χ3n) is 6.28. The number of anilines is 1. The van der Waals surface area contributed by atoms with Crippen LogP contribution in [0.15, 0.2) is 42.5 Å². The van der Waals surface area contributed by atoms with Gasteiger partial charge in [0, 0.05) is 17.0 Å². The molecule has 0 fully saturated rings. The van der Waals surface area contributed by atoms with Gasteiger partial charge in [0.1, 0.15) is 17.4 Å². The fraction of sp³-hybridized carbons (Fsp3) is 0.458. The van der Waals surface area contributed by atoms with E-state index < -0.39 is 27.6 Å². The van der Waals surface area contributed by atoms with E-state index in [0.29, 0.717) is 11.4 Å². The molecular formula is C24H30Cl2N2O4S. The third kappa shape index (κ3) is 5.42. The van der Waals surface area contributed by atoms with Gasteiger partial charge in [-0.2, -0.15) is 0 Å². The molecule has 6 nitrogen and oxygen atoms in total. The molecule has 2 atom stereocenters. The maximum Gasteiger partial charge on any atom is 0.244 e. The predicted molar refractivity (Wildman–Crippen MR) is 134 cm³/mol. The topological polar surface area (TPSA) is 75.7 Å². The Balaban J connectivity index is 1.99. The van der Waals surface area contributed by atoms with E-state index in [9.17, 15) is 13.2 Å². The molecule has 3 rings (SSSR count). The fourth-order valence-corrected chi connectivity index (χ4v) is 6.03. The van der Waals surface area contributed by atoms with Gasteiger partial charge in [0.15, 0.2) is 0 Å². The number of carbonyl (C=O) groups excluding carboxylic acids is 1. The summed E-state index contributed by atoms with van der Waals surface area (Å²) in [5.41, 5.74) is 0.656. The van der Waals surface area contributed by atoms with E-state index in [-0.39, 0.29) is 23.2 Å². The molecule has 0 saturated carbocycles. The molecule has 9 heteroatoms. The second kappa shape index (κ2) is 10.1. The van der Waals surface area contributed by atoms with Crippen molar-refractivity contribution >= 4 is 44.8 Å². The van der Waals surface area contributed by atoms with Gasteiger partial charge in [-0.25, -0.2) is 8.42 Å². The summed E-state index contributed by atoms with van der Waals surface area (Å²) in [5.74, 6) is 0.338. The summed E-state index contributed by atoms with van der Waals surface area (Å²) in [7, 11) is -3.84. The molecule has 1 aliphatic heterocycles. The second-order valence-corrected chi connectivity index (χ2v) is 11.1. The van der Waals surface area contributed by atoms with Crippen molar-refractivity contribution in [2.45, 2.75) is 64.1 Å². The number of carbonyl (C=O) groups is 1. The Morgan fingerprint density at radius 2 is 1.85 bits per heavy atom. The molecule has 180 valence electrons. The van der Waals surface area contributed by atoms with Crippen molar-refractivity contribution in [2.75, 3.05) is 10.6 Å².